The normalized spacial score (nSPS) is 37.1. The van der Waals surface area contributed by atoms with Crippen LogP contribution in [-0.2, 0) is 14.3 Å². The second-order valence-corrected chi connectivity index (χ2v) is 5.07. The number of esters is 2. The lowest BCUT2D eigenvalue weighted by Gasteiger charge is -2.19. The average molecular weight is 308 g/mol. The zero-order valence-electron chi connectivity index (χ0n) is 6.29. The zero-order chi connectivity index (χ0) is 9.64. The van der Waals surface area contributed by atoms with E-state index >= 15 is 0 Å². The molecule has 2 aliphatic rings. The number of hydrogen-bond acceptors (Lipinski definition) is 3. The maximum Gasteiger partial charge on any atom is 0.335 e. The van der Waals surface area contributed by atoms with Gasteiger partial charge in [-0.05, 0) is 0 Å². The molecule has 0 bridgehead atoms. The molecule has 0 radical (unpaired) electrons. The fourth-order valence-electron chi connectivity index (χ4n) is 1.31. The van der Waals surface area contributed by atoms with Crippen LogP contribution in [0.25, 0.3) is 0 Å². The topological polar surface area (TPSA) is 43.4 Å². The van der Waals surface area contributed by atoms with Crippen molar-refractivity contribution in [3.63, 3.8) is 0 Å². The first-order chi connectivity index (χ1) is 6.04. The Kier molecular flexibility index (Phi) is 1.96. The van der Waals surface area contributed by atoms with Gasteiger partial charge >= 0.3 is 11.9 Å². The molecule has 1 heterocycles. The number of ether oxygens (including phenoxy) is 1. The van der Waals surface area contributed by atoms with E-state index in [9.17, 15) is 9.59 Å². The van der Waals surface area contributed by atoms with Gasteiger partial charge in [0, 0.05) is 4.48 Å². The number of carbonyl (C=O) groups is 2. The van der Waals surface area contributed by atoms with Gasteiger partial charge in [0.1, 0.15) is 5.92 Å². The molecule has 2 rings (SSSR count). The van der Waals surface area contributed by atoms with Crippen molar-refractivity contribution in [3.05, 3.63) is 22.7 Å². The van der Waals surface area contributed by atoms with Gasteiger partial charge in [0.25, 0.3) is 0 Å². The standard InChI is InChI=1S/C8H4Br2O3/c9-4-1-2-8(10)5(3-4)6(11)13-7(8)12/h1-3,5H. The Labute approximate surface area is 91.1 Å². The molecule has 1 fully saturated rings. The second kappa shape index (κ2) is 2.78. The number of carbonyl (C=O) groups excluding carboxylic acids is 2. The highest BCUT2D eigenvalue weighted by Crippen LogP contribution is 2.42. The molecular formula is C8H4Br2O3. The molecule has 0 aromatic carbocycles. The van der Waals surface area contributed by atoms with Crippen LogP contribution < -0.4 is 0 Å². The quantitative estimate of drug-likeness (QED) is 0.388. The molecule has 1 aliphatic carbocycles. The smallest absolute Gasteiger partial charge is 0.335 e. The predicted octanol–water partition coefficient (Wildman–Crippen LogP) is 1.67. The lowest BCUT2D eigenvalue weighted by atomic mass is 9.91. The molecule has 0 N–H and O–H groups in total. The molecule has 1 aliphatic heterocycles. The summed E-state index contributed by atoms with van der Waals surface area (Å²) in [6.45, 7) is 0. The van der Waals surface area contributed by atoms with Crippen LogP contribution in [0.1, 0.15) is 0 Å². The van der Waals surface area contributed by atoms with Crippen molar-refractivity contribution in [3.8, 4) is 0 Å². The summed E-state index contributed by atoms with van der Waals surface area (Å²) in [5.41, 5.74) is 0. The zero-order valence-corrected chi connectivity index (χ0v) is 9.46. The molecule has 3 nitrogen and oxygen atoms in total. The van der Waals surface area contributed by atoms with Crippen LogP contribution in [0, 0.1) is 5.92 Å². The summed E-state index contributed by atoms with van der Waals surface area (Å²) in [4.78, 5) is 22.5. The van der Waals surface area contributed by atoms with Gasteiger partial charge in [-0.3, -0.25) is 4.79 Å². The Morgan fingerprint density at radius 2 is 2.15 bits per heavy atom. The lowest BCUT2D eigenvalue weighted by Crippen LogP contribution is -2.33. The first kappa shape index (κ1) is 9.15. The van der Waals surface area contributed by atoms with Gasteiger partial charge in [-0.1, -0.05) is 50.1 Å². The van der Waals surface area contributed by atoms with E-state index in [1.54, 1.807) is 18.2 Å². The van der Waals surface area contributed by atoms with Crippen LogP contribution in [-0.4, -0.2) is 16.3 Å². The third-order valence-corrected chi connectivity index (χ3v) is 3.63. The molecular weight excluding hydrogens is 304 g/mol. The maximum absolute atomic E-state index is 11.3. The van der Waals surface area contributed by atoms with Gasteiger partial charge in [0.2, 0.25) is 0 Å². The van der Waals surface area contributed by atoms with E-state index in [1.807, 2.05) is 0 Å². The summed E-state index contributed by atoms with van der Waals surface area (Å²) in [6.07, 6.45) is 4.99. The summed E-state index contributed by atoms with van der Waals surface area (Å²) in [6, 6.07) is 0. The lowest BCUT2D eigenvalue weighted by molar-refractivity contribution is -0.152. The van der Waals surface area contributed by atoms with E-state index in [0.29, 0.717) is 0 Å². The summed E-state index contributed by atoms with van der Waals surface area (Å²) >= 11 is 6.44. The van der Waals surface area contributed by atoms with Gasteiger partial charge < -0.3 is 4.74 Å². The number of allylic oxidation sites excluding steroid dienone is 2. The van der Waals surface area contributed by atoms with Crippen LogP contribution in [0.2, 0.25) is 0 Å². The minimum atomic E-state index is -0.985. The summed E-state index contributed by atoms with van der Waals surface area (Å²) < 4.78 is 4.31. The largest absolute Gasteiger partial charge is 0.391 e. The van der Waals surface area contributed by atoms with Crippen molar-refractivity contribution < 1.29 is 14.3 Å². The number of alkyl halides is 1. The van der Waals surface area contributed by atoms with Gasteiger partial charge in [0.05, 0.1) is 0 Å². The third kappa shape index (κ3) is 1.21. The Hall–Kier alpha value is -0.420. The molecule has 2 atom stereocenters. The molecule has 68 valence electrons. The van der Waals surface area contributed by atoms with Crippen molar-refractivity contribution in [2.75, 3.05) is 0 Å². The average Bonchev–Trinajstić information content (AvgIpc) is 2.28. The van der Waals surface area contributed by atoms with E-state index in [1.165, 1.54) is 0 Å². The summed E-state index contributed by atoms with van der Waals surface area (Å²) in [7, 11) is 0. The summed E-state index contributed by atoms with van der Waals surface area (Å²) in [5.74, 6) is -1.61. The molecule has 0 spiro atoms. The second-order valence-electron chi connectivity index (χ2n) is 2.84. The maximum atomic E-state index is 11.3. The Morgan fingerprint density at radius 1 is 1.46 bits per heavy atom. The minimum absolute atomic E-state index is 0.511. The third-order valence-electron chi connectivity index (χ3n) is 2.02. The van der Waals surface area contributed by atoms with E-state index in [2.05, 4.69) is 36.6 Å². The number of hydrogen-bond donors (Lipinski definition) is 0. The number of rotatable bonds is 0. The molecule has 0 aromatic rings. The molecule has 1 saturated heterocycles. The first-order valence-corrected chi connectivity index (χ1v) is 5.14. The molecule has 2 unspecified atom stereocenters. The minimum Gasteiger partial charge on any atom is -0.391 e. The van der Waals surface area contributed by atoms with Gasteiger partial charge in [-0.15, -0.1) is 0 Å². The first-order valence-electron chi connectivity index (χ1n) is 3.55. The van der Waals surface area contributed by atoms with Crippen LogP contribution in [0.15, 0.2) is 22.7 Å². The van der Waals surface area contributed by atoms with E-state index in [4.69, 9.17) is 0 Å². The van der Waals surface area contributed by atoms with Gasteiger partial charge in [0.15, 0.2) is 4.32 Å². The molecule has 13 heavy (non-hydrogen) atoms. The van der Waals surface area contributed by atoms with Crippen LogP contribution in [0.4, 0.5) is 0 Å². The van der Waals surface area contributed by atoms with Crippen molar-refractivity contribution in [1.29, 1.82) is 0 Å². The van der Waals surface area contributed by atoms with Crippen LogP contribution in [0.5, 0.6) is 0 Å². The van der Waals surface area contributed by atoms with Crippen molar-refractivity contribution >= 4 is 43.8 Å². The Morgan fingerprint density at radius 3 is 2.85 bits per heavy atom. The fourth-order valence-corrected chi connectivity index (χ4v) is 2.24. The highest BCUT2D eigenvalue weighted by atomic mass is 79.9. The Bertz CT molecular complexity index is 358. The van der Waals surface area contributed by atoms with Crippen molar-refractivity contribution in [2.45, 2.75) is 4.32 Å². The molecule has 0 amide bonds. The van der Waals surface area contributed by atoms with E-state index in [-0.39, 0.29) is 0 Å². The van der Waals surface area contributed by atoms with Gasteiger partial charge in [-0.2, -0.15) is 0 Å². The molecule has 5 heteroatoms. The SMILES string of the molecule is O=C1OC(=O)C2(Br)C=CC(Br)=CC12. The Balaban J connectivity index is 2.49. The number of cyclic esters (lactones) is 2. The summed E-state index contributed by atoms with van der Waals surface area (Å²) in [5, 5.41) is 0. The predicted molar refractivity (Wildman–Crippen MR) is 52.4 cm³/mol. The van der Waals surface area contributed by atoms with Crippen LogP contribution >= 0.6 is 31.9 Å². The van der Waals surface area contributed by atoms with Crippen molar-refractivity contribution in [1.82, 2.24) is 0 Å². The van der Waals surface area contributed by atoms with Gasteiger partial charge in [-0.25, -0.2) is 4.79 Å². The highest BCUT2D eigenvalue weighted by Gasteiger charge is 2.54. The number of fused-ring (bicyclic) bond motifs is 1. The van der Waals surface area contributed by atoms with E-state index < -0.39 is 22.2 Å². The molecule has 0 aromatic heterocycles. The number of halogens is 2. The van der Waals surface area contributed by atoms with Crippen LogP contribution in [0.3, 0.4) is 0 Å². The fraction of sp³-hybridized carbons (Fsp3) is 0.250. The molecule has 0 saturated carbocycles. The van der Waals surface area contributed by atoms with E-state index in [0.717, 1.165) is 4.48 Å². The highest BCUT2D eigenvalue weighted by molar-refractivity contribution is 9.12. The van der Waals surface area contributed by atoms with Crippen molar-refractivity contribution in [2.24, 2.45) is 5.92 Å². The monoisotopic (exact) mass is 306 g/mol.